The Kier molecular flexibility index (Phi) is 13.4. The lowest BCUT2D eigenvalue weighted by atomic mass is 9.70. The predicted octanol–water partition coefficient (Wildman–Crippen LogP) is 3.55. The van der Waals surface area contributed by atoms with E-state index < -0.39 is 57.8 Å². The Morgan fingerprint density at radius 2 is 1.56 bits per heavy atom. The van der Waals surface area contributed by atoms with Gasteiger partial charge in [-0.25, -0.2) is 17.5 Å². The van der Waals surface area contributed by atoms with Crippen LogP contribution in [-0.4, -0.2) is 104 Å². The predicted molar refractivity (Wildman–Crippen MR) is 211 cm³/mol. The number of carbonyl (C=O) groups excluding carboxylic acids is 5. The molecule has 0 radical (unpaired) electrons. The smallest absolute Gasteiger partial charge is 0.315 e. The van der Waals surface area contributed by atoms with Crippen LogP contribution in [0.2, 0.25) is 0 Å². The van der Waals surface area contributed by atoms with Gasteiger partial charge in [-0.2, -0.15) is 0 Å². The summed E-state index contributed by atoms with van der Waals surface area (Å²) in [5, 5.41) is 11.6. The number of piperidine rings is 1. The number of nitrogens with one attached hydrogen (secondary N) is 4. The van der Waals surface area contributed by atoms with E-state index in [1.807, 2.05) is 31.2 Å². The van der Waals surface area contributed by atoms with E-state index in [-0.39, 0.29) is 53.3 Å². The van der Waals surface area contributed by atoms with Crippen LogP contribution in [0.25, 0.3) is 0 Å². The number of nitrogens with zero attached hydrogens (tertiary/aromatic N) is 2. The summed E-state index contributed by atoms with van der Waals surface area (Å²) >= 11 is 0. The number of benzene rings is 1. The number of hydrogen-bond acceptors (Lipinski definition) is 7. The van der Waals surface area contributed by atoms with Crippen LogP contribution in [0, 0.1) is 28.6 Å². The Hall–Kier alpha value is -3.52. The van der Waals surface area contributed by atoms with Gasteiger partial charge >= 0.3 is 6.03 Å². The molecule has 0 aromatic heterocycles. The molecule has 1 aromatic rings. The van der Waals surface area contributed by atoms with E-state index >= 15 is 0 Å². The van der Waals surface area contributed by atoms with Gasteiger partial charge in [0.15, 0.2) is 0 Å². The molecule has 3 aliphatic carbocycles. The summed E-state index contributed by atoms with van der Waals surface area (Å²) in [5.41, 5.74) is 1.65. The van der Waals surface area contributed by atoms with Crippen molar-refractivity contribution in [3.63, 3.8) is 0 Å². The molecule has 1 saturated heterocycles. The molecule has 5 rings (SSSR count). The highest BCUT2D eigenvalue weighted by molar-refractivity contribution is 7.89. The minimum absolute atomic E-state index is 0.0548. The van der Waals surface area contributed by atoms with E-state index in [0.29, 0.717) is 32.2 Å². The topological polar surface area (TPSA) is 174 Å². The van der Waals surface area contributed by atoms with Crippen molar-refractivity contribution in [3.05, 3.63) is 35.4 Å². The molecule has 5 amide bonds. The Morgan fingerprint density at radius 3 is 2.15 bits per heavy atom. The minimum Gasteiger partial charge on any atom is -0.350 e. The van der Waals surface area contributed by atoms with Crippen molar-refractivity contribution in [1.29, 1.82) is 0 Å². The van der Waals surface area contributed by atoms with Gasteiger partial charge in [0, 0.05) is 32.7 Å². The maximum atomic E-state index is 15.0. The zero-order valence-corrected chi connectivity index (χ0v) is 34.7. The number of ketones is 1. The van der Waals surface area contributed by atoms with E-state index in [2.05, 4.69) is 42.0 Å². The number of Topliss-reactive ketones (excluding diaryl/α,β-unsaturated/α-hetero) is 1. The third kappa shape index (κ3) is 9.21. The van der Waals surface area contributed by atoms with Crippen LogP contribution in [0.4, 0.5) is 4.79 Å². The van der Waals surface area contributed by atoms with Crippen LogP contribution in [0.3, 0.4) is 0 Å². The lowest BCUT2D eigenvalue weighted by Crippen LogP contribution is -2.62. The second kappa shape index (κ2) is 17.3. The fourth-order valence-corrected chi connectivity index (χ4v) is 10.4. The highest BCUT2D eigenvalue weighted by atomic mass is 32.2. The van der Waals surface area contributed by atoms with E-state index in [1.165, 1.54) is 4.31 Å². The summed E-state index contributed by atoms with van der Waals surface area (Å²) < 4.78 is 27.0. The second-order valence-corrected chi connectivity index (χ2v) is 19.7. The number of sulfonamides is 1. The molecular formula is C41H64N6O7S. The number of carbonyl (C=O) groups is 5. The molecule has 1 heterocycles. The van der Waals surface area contributed by atoms with E-state index in [0.717, 1.165) is 49.7 Å². The number of rotatable bonds is 17. The van der Waals surface area contributed by atoms with Gasteiger partial charge in [0.2, 0.25) is 27.6 Å². The Bertz CT molecular complexity index is 1680. The van der Waals surface area contributed by atoms with Gasteiger partial charge in [-0.05, 0) is 85.7 Å². The fourth-order valence-electron chi connectivity index (χ4n) is 9.62. The van der Waals surface area contributed by atoms with Gasteiger partial charge in [-0.3, -0.25) is 19.2 Å². The molecule has 0 bridgehead atoms. The highest BCUT2D eigenvalue weighted by Gasteiger charge is 2.70. The van der Waals surface area contributed by atoms with Crippen LogP contribution in [0.15, 0.2) is 24.3 Å². The molecule has 1 unspecified atom stereocenters. The molecule has 0 spiro atoms. The number of likely N-dealkylation sites (tertiary alicyclic amines) is 1. The molecule has 4 N–H and O–H groups in total. The van der Waals surface area contributed by atoms with Crippen molar-refractivity contribution in [2.45, 2.75) is 130 Å². The van der Waals surface area contributed by atoms with Crippen molar-refractivity contribution >= 4 is 39.6 Å². The standard InChI is InChI=1S/C41H64N6O7S/c1-8-11-19-30(35(48)37(50)42-9-2)43-36(49)34-32-29(40(32,4)5)24-47(34)38(51)33(28-22-26-17-13-14-18-27(26)23-28)45-39(52)44-31(25-46(7)55(53,54)10-3)41(6)20-15-12-16-21-41/h13-14,17-18,28-34H,8-12,15-16,19-25H2,1-7H3,(H,42,50)(H,43,49)(H2,44,45,52)/t29-,30?,31+,32-,33-,34-/m0/s1. The zero-order valence-electron chi connectivity index (χ0n) is 33.9. The average molecular weight is 785 g/mol. The minimum atomic E-state index is -3.52. The van der Waals surface area contributed by atoms with E-state index in [9.17, 15) is 32.4 Å². The van der Waals surface area contributed by atoms with Crippen molar-refractivity contribution in [3.8, 4) is 0 Å². The number of urea groups is 1. The van der Waals surface area contributed by atoms with Crippen LogP contribution in [-0.2, 0) is 42.0 Å². The lowest BCUT2D eigenvalue weighted by molar-refractivity contribution is -0.144. The molecule has 306 valence electrons. The molecule has 6 atom stereocenters. The number of fused-ring (bicyclic) bond motifs is 2. The molecular weight excluding hydrogens is 721 g/mol. The maximum Gasteiger partial charge on any atom is 0.315 e. The molecule has 3 fully saturated rings. The Labute approximate surface area is 327 Å². The van der Waals surface area contributed by atoms with E-state index in [4.69, 9.17) is 0 Å². The van der Waals surface area contributed by atoms with Gasteiger partial charge in [0.25, 0.3) is 5.91 Å². The number of hydrogen-bond donors (Lipinski definition) is 4. The molecule has 1 aromatic carbocycles. The number of amides is 5. The Balaban J connectivity index is 1.42. The van der Waals surface area contributed by atoms with Gasteiger partial charge in [0.05, 0.1) is 11.8 Å². The molecule has 14 heteroatoms. The fraction of sp³-hybridized carbons (Fsp3) is 0.732. The normalized spacial score (nSPS) is 24.2. The monoisotopic (exact) mass is 784 g/mol. The summed E-state index contributed by atoms with van der Waals surface area (Å²) in [6.07, 6.45) is 7.54. The molecule has 1 aliphatic heterocycles. The summed E-state index contributed by atoms with van der Waals surface area (Å²) in [5.74, 6) is -2.70. The molecule has 2 saturated carbocycles. The number of likely N-dealkylation sites (N-methyl/N-ethyl adjacent to an activating group) is 2. The van der Waals surface area contributed by atoms with Gasteiger partial charge < -0.3 is 26.2 Å². The van der Waals surface area contributed by atoms with Gasteiger partial charge in [0.1, 0.15) is 12.1 Å². The van der Waals surface area contributed by atoms with Crippen LogP contribution in [0.1, 0.15) is 104 Å². The first kappa shape index (κ1) is 42.6. The first-order valence-corrected chi connectivity index (χ1v) is 22.1. The maximum absolute atomic E-state index is 15.0. The average Bonchev–Trinajstić information content (AvgIpc) is 3.50. The first-order chi connectivity index (χ1) is 26.0. The zero-order chi connectivity index (χ0) is 40.3. The van der Waals surface area contributed by atoms with Crippen molar-refractivity contribution in [2.24, 2.45) is 28.6 Å². The van der Waals surface area contributed by atoms with Crippen LogP contribution < -0.4 is 21.3 Å². The summed E-state index contributed by atoms with van der Waals surface area (Å²) in [6.45, 7) is 12.3. The quantitative estimate of drug-likeness (QED) is 0.175. The van der Waals surface area contributed by atoms with Crippen molar-refractivity contribution in [2.75, 3.05) is 32.4 Å². The summed E-state index contributed by atoms with van der Waals surface area (Å²) in [6, 6.07) is 4.06. The van der Waals surface area contributed by atoms with Gasteiger partial charge in [-0.1, -0.05) is 84.1 Å². The summed E-state index contributed by atoms with van der Waals surface area (Å²) in [4.78, 5) is 70.9. The lowest BCUT2D eigenvalue weighted by Gasteiger charge is -2.42. The molecule has 4 aliphatic rings. The molecule has 55 heavy (non-hydrogen) atoms. The third-order valence-electron chi connectivity index (χ3n) is 13.3. The second-order valence-electron chi connectivity index (χ2n) is 17.3. The SMILES string of the molecule is CCCCC(NC(=O)[C@@H]1[C@@H]2[C@H](CN1C(=O)[C@@H](NC(=O)N[C@H](CN(C)S(=O)(=O)CC)C1(C)CCCCC1)C1Cc3ccccc3C1)C2(C)C)C(=O)C(=O)NCC. The van der Waals surface area contributed by atoms with Gasteiger partial charge in [-0.15, -0.1) is 0 Å². The number of unbranched alkanes of at least 4 members (excludes halogenated alkanes) is 1. The summed E-state index contributed by atoms with van der Waals surface area (Å²) in [7, 11) is -1.98. The van der Waals surface area contributed by atoms with Crippen LogP contribution in [0.5, 0.6) is 0 Å². The first-order valence-electron chi connectivity index (χ1n) is 20.5. The van der Waals surface area contributed by atoms with Crippen LogP contribution >= 0.6 is 0 Å². The van der Waals surface area contributed by atoms with Crippen molar-refractivity contribution < 1.29 is 32.4 Å². The third-order valence-corrected chi connectivity index (χ3v) is 15.2. The molecule has 13 nitrogen and oxygen atoms in total. The van der Waals surface area contributed by atoms with Crippen molar-refractivity contribution in [1.82, 2.24) is 30.5 Å². The Morgan fingerprint density at radius 1 is 0.927 bits per heavy atom. The van der Waals surface area contributed by atoms with E-state index in [1.54, 1.807) is 25.8 Å². The highest BCUT2D eigenvalue weighted by Crippen LogP contribution is 2.65. The largest absolute Gasteiger partial charge is 0.350 e.